The van der Waals surface area contributed by atoms with Gasteiger partial charge in [0.25, 0.3) is 0 Å². The van der Waals surface area contributed by atoms with Gasteiger partial charge in [-0.1, -0.05) is 6.92 Å². The molecule has 2 aromatic rings. The zero-order valence-electron chi connectivity index (χ0n) is 11.6. The number of H-pyrrole nitrogens is 1. The van der Waals surface area contributed by atoms with Crippen molar-refractivity contribution in [2.75, 3.05) is 19.8 Å². The van der Waals surface area contributed by atoms with E-state index in [1.807, 2.05) is 24.4 Å². The van der Waals surface area contributed by atoms with E-state index in [2.05, 4.69) is 22.4 Å². The maximum atomic E-state index is 5.73. The molecule has 0 spiro atoms. The summed E-state index contributed by atoms with van der Waals surface area (Å²) in [5.41, 5.74) is 3.25. The van der Waals surface area contributed by atoms with Crippen LogP contribution in [-0.4, -0.2) is 30.0 Å². The van der Waals surface area contributed by atoms with E-state index in [1.165, 1.54) is 0 Å². The van der Waals surface area contributed by atoms with Crippen LogP contribution in [0.3, 0.4) is 0 Å². The zero-order chi connectivity index (χ0) is 13.8. The summed E-state index contributed by atoms with van der Waals surface area (Å²) in [6, 6.07) is 6.02. The van der Waals surface area contributed by atoms with E-state index < -0.39 is 0 Å². The number of rotatable bonds is 4. The van der Waals surface area contributed by atoms with E-state index >= 15 is 0 Å². The van der Waals surface area contributed by atoms with Gasteiger partial charge >= 0.3 is 0 Å². The lowest BCUT2D eigenvalue weighted by atomic mass is 10.1. The lowest BCUT2D eigenvalue weighted by molar-refractivity contribution is 0.297. The molecule has 3 rings (SSSR count). The number of hydrogen-bond donors (Lipinski definition) is 2. The normalized spacial score (nSPS) is 14.1. The fraction of sp³-hybridized carbons (Fsp3) is 0.400. The summed E-state index contributed by atoms with van der Waals surface area (Å²) in [5.74, 6) is 1.63. The van der Waals surface area contributed by atoms with Crippen molar-refractivity contribution in [3.8, 4) is 22.8 Å². The number of ether oxygens (including phenoxy) is 2. The molecule has 0 radical (unpaired) electrons. The molecule has 5 nitrogen and oxygen atoms in total. The average Bonchev–Trinajstić information content (AvgIpc) is 2.81. The zero-order valence-corrected chi connectivity index (χ0v) is 11.6. The quantitative estimate of drug-likeness (QED) is 0.897. The first-order valence-corrected chi connectivity index (χ1v) is 7.01. The second kappa shape index (κ2) is 5.96. The number of hydrogen-bond acceptors (Lipinski definition) is 4. The summed E-state index contributed by atoms with van der Waals surface area (Å²) in [5, 5.41) is 10.5. The highest BCUT2D eigenvalue weighted by Crippen LogP contribution is 2.34. The van der Waals surface area contributed by atoms with Crippen LogP contribution in [0.1, 0.15) is 18.9 Å². The van der Waals surface area contributed by atoms with Gasteiger partial charge in [0.05, 0.1) is 25.1 Å². The van der Waals surface area contributed by atoms with Crippen molar-refractivity contribution in [3.05, 3.63) is 30.0 Å². The number of nitrogens with zero attached hydrogens (tertiary/aromatic N) is 1. The number of aromatic nitrogens is 2. The molecule has 106 valence electrons. The highest BCUT2D eigenvalue weighted by Gasteiger charge is 2.14. The van der Waals surface area contributed by atoms with Gasteiger partial charge in [0.15, 0.2) is 11.5 Å². The second-order valence-corrected chi connectivity index (χ2v) is 4.76. The summed E-state index contributed by atoms with van der Waals surface area (Å²) in [6.07, 6.45) is 2.78. The molecule has 0 saturated carbocycles. The molecular weight excluding hydrogens is 254 g/mol. The molecule has 1 aromatic carbocycles. The molecule has 0 atom stereocenters. The minimum atomic E-state index is 0.698. The van der Waals surface area contributed by atoms with Crippen LogP contribution in [0.4, 0.5) is 0 Å². The number of aromatic amines is 1. The third kappa shape index (κ3) is 2.63. The van der Waals surface area contributed by atoms with Gasteiger partial charge in [-0.3, -0.25) is 5.10 Å². The molecule has 20 heavy (non-hydrogen) atoms. The fourth-order valence-corrected chi connectivity index (χ4v) is 2.27. The van der Waals surface area contributed by atoms with Crippen LogP contribution in [0, 0.1) is 0 Å². The average molecular weight is 273 g/mol. The van der Waals surface area contributed by atoms with Gasteiger partial charge in [0.2, 0.25) is 0 Å². The second-order valence-electron chi connectivity index (χ2n) is 4.76. The minimum Gasteiger partial charge on any atom is -0.490 e. The molecule has 1 aliphatic rings. The molecule has 1 aliphatic heterocycles. The maximum absolute atomic E-state index is 5.73. The first kappa shape index (κ1) is 13.0. The van der Waals surface area contributed by atoms with Gasteiger partial charge in [0.1, 0.15) is 0 Å². The van der Waals surface area contributed by atoms with Gasteiger partial charge in [-0.2, -0.15) is 5.10 Å². The Bertz CT molecular complexity index is 580. The largest absolute Gasteiger partial charge is 0.490 e. The Hall–Kier alpha value is -2.01. The lowest BCUT2D eigenvalue weighted by Gasteiger charge is -2.09. The lowest BCUT2D eigenvalue weighted by Crippen LogP contribution is -2.11. The smallest absolute Gasteiger partial charge is 0.161 e. The van der Waals surface area contributed by atoms with E-state index in [0.717, 1.165) is 47.8 Å². The summed E-state index contributed by atoms with van der Waals surface area (Å²) >= 11 is 0. The number of benzene rings is 1. The fourth-order valence-electron chi connectivity index (χ4n) is 2.27. The van der Waals surface area contributed by atoms with Crippen molar-refractivity contribution in [2.45, 2.75) is 19.9 Å². The minimum absolute atomic E-state index is 0.698. The molecule has 1 aromatic heterocycles. The van der Waals surface area contributed by atoms with E-state index in [-0.39, 0.29) is 0 Å². The summed E-state index contributed by atoms with van der Waals surface area (Å²) in [7, 11) is 0. The highest BCUT2D eigenvalue weighted by molar-refractivity contribution is 5.66. The van der Waals surface area contributed by atoms with E-state index in [9.17, 15) is 0 Å². The van der Waals surface area contributed by atoms with E-state index in [1.54, 1.807) is 0 Å². The Kier molecular flexibility index (Phi) is 3.87. The predicted molar refractivity (Wildman–Crippen MR) is 77.0 cm³/mol. The molecule has 0 fully saturated rings. The Morgan fingerprint density at radius 1 is 1.25 bits per heavy atom. The molecule has 2 N–H and O–H groups in total. The maximum Gasteiger partial charge on any atom is 0.161 e. The van der Waals surface area contributed by atoms with Gasteiger partial charge in [-0.15, -0.1) is 0 Å². The molecule has 0 amide bonds. The first-order valence-electron chi connectivity index (χ1n) is 7.01. The van der Waals surface area contributed by atoms with Crippen molar-refractivity contribution in [1.82, 2.24) is 15.5 Å². The molecule has 0 unspecified atom stereocenters. The topological polar surface area (TPSA) is 59.2 Å². The summed E-state index contributed by atoms with van der Waals surface area (Å²) < 4.78 is 11.4. The van der Waals surface area contributed by atoms with Crippen molar-refractivity contribution < 1.29 is 9.47 Å². The SMILES string of the molecule is CCNCc1cn[nH]c1-c1ccc2c(c1)OCCCO2. The van der Waals surface area contributed by atoms with Crippen molar-refractivity contribution in [2.24, 2.45) is 0 Å². The van der Waals surface area contributed by atoms with Gasteiger partial charge in [-0.25, -0.2) is 0 Å². The third-order valence-corrected chi connectivity index (χ3v) is 3.32. The molecule has 2 heterocycles. The van der Waals surface area contributed by atoms with Crippen molar-refractivity contribution >= 4 is 0 Å². The van der Waals surface area contributed by atoms with Crippen molar-refractivity contribution in [3.63, 3.8) is 0 Å². The van der Waals surface area contributed by atoms with Crippen LogP contribution in [0.15, 0.2) is 24.4 Å². The molecule has 0 bridgehead atoms. The monoisotopic (exact) mass is 273 g/mol. The molecule has 5 heteroatoms. The van der Waals surface area contributed by atoms with Crippen LogP contribution in [0.5, 0.6) is 11.5 Å². The van der Waals surface area contributed by atoms with E-state index in [0.29, 0.717) is 13.2 Å². The van der Waals surface area contributed by atoms with Gasteiger partial charge in [-0.05, 0) is 24.7 Å². The third-order valence-electron chi connectivity index (χ3n) is 3.32. The molecular formula is C15H19N3O2. The van der Waals surface area contributed by atoms with E-state index in [4.69, 9.17) is 9.47 Å². The Labute approximate surface area is 118 Å². The predicted octanol–water partition coefficient (Wildman–Crippen LogP) is 2.35. The molecule has 0 aliphatic carbocycles. The summed E-state index contributed by atoms with van der Waals surface area (Å²) in [4.78, 5) is 0. The summed E-state index contributed by atoms with van der Waals surface area (Å²) in [6.45, 7) is 5.24. The molecule has 0 saturated heterocycles. The van der Waals surface area contributed by atoms with Crippen LogP contribution in [0.25, 0.3) is 11.3 Å². The highest BCUT2D eigenvalue weighted by atomic mass is 16.5. The van der Waals surface area contributed by atoms with Gasteiger partial charge in [0, 0.05) is 24.1 Å². The Morgan fingerprint density at radius 3 is 2.95 bits per heavy atom. The number of nitrogens with one attached hydrogen (secondary N) is 2. The van der Waals surface area contributed by atoms with Crippen LogP contribution in [0.2, 0.25) is 0 Å². The van der Waals surface area contributed by atoms with Crippen LogP contribution in [-0.2, 0) is 6.54 Å². The first-order chi connectivity index (χ1) is 9.88. The Balaban J connectivity index is 1.90. The standard InChI is InChI=1S/C15H19N3O2/c1-2-16-9-12-10-17-18-15(12)11-4-5-13-14(8-11)20-7-3-6-19-13/h4-5,8,10,16H,2-3,6-7,9H2,1H3,(H,17,18). The van der Waals surface area contributed by atoms with Gasteiger partial charge < -0.3 is 14.8 Å². The number of fused-ring (bicyclic) bond motifs is 1. The van der Waals surface area contributed by atoms with Crippen molar-refractivity contribution in [1.29, 1.82) is 0 Å². The van der Waals surface area contributed by atoms with Crippen LogP contribution < -0.4 is 14.8 Å². The van der Waals surface area contributed by atoms with Crippen LogP contribution >= 0.6 is 0 Å². The Morgan fingerprint density at radius 2 is 2.10 bits per heavy atom.